The molecule has 0 aliphatic heterocycles. The molecule has 0 N–H and O–H groups in total. The van der Waals surface area contributed by atoms with Crippen LogP contribution in [0.15, 0.2) is 59.0 Å². The lowest BCUT2D eigenvalue weighted by molar-refractivity contribution is 0.0970. The molecule has 144 valence electrons. The number of benzene rings is 2. The second-order valence-corrected chi connectivity index (χ2v) is 8.13. The van der Waals surface area contributed by atoms with E-state index in [4.69, 9.17) is 0 Å². The SMILES string of the molecule is O=C(Cn1cnc2scc(-c3ccc(F)cc3)c2c1=O)c1ccc2c(c1)CCC2. The summed E-state index contributed by atoms with van der Waals surface area (Å²) in [5.74, 6) is -0.440. The van der Waals surface area contributed by atoms with Crippen LogP contribution in [-0.4, -0.2) is 15.3 Å². The van der Waals surface area contributed by atoms with E-state index in [1.807, 2.05) is 23.6 Å². The summed E-state index contributed by atoms with van der Waals surface area (Å²) >= 11 is 1.36. The summed E-state index contributed by atoms with van der Waals surface area (Å²) in [6.45, 7) is -0.0563. The molecule has 4 aromatic rings. The number of nitrogens with zero attached hydrogens (tertiary/aromatic N) is 2. The highest BCUT2D eigenvalue weighted by molar-refractivity contribution is 7.17. The lowest BCUT2D eigenvalue weighted by Gasteiger charge is -2.07. The number of rotatable bonds is 4. The van der Waals surface area contributed by atoms with E-state index in [9.17, 15) is 14.0 Å². The molecular formula is C23H17FN2O2S. The first-order valence-corrected chi connectivity index (χ1v) is 10.4. The maximum absolute atomic E-state index is 13.3. The van der Waals surface area contributed by atoms with Gasteiger partial charge in [0.15, 0.2) is 5.78 Å². The average Bonchev–Trinajstić information content (AvgIpc) is 3.37. The van der Waals surface area contributed by atoms with E-state index in [-0.39, 0.29) is 23.7 Å². The first-order valence-electron chi connectivity index (χ1n) is 9.48. The van der Waals surface area contributed by atoms with E-state index in [0.717, 1.165) is 24.8 Å². The van der Waals surface area contributed by atoms with Crippen molar-refractivity contribution in [2.24, 2.45) is 0 Å². The van der Waals surface area contributed by atoms with Gasteiger partial charge in [0, 0.05) is 16.5 Å². The van der Waals surface area contributed by atoms with Gasteiger partial charge in [0.25, 0.3) is 5.56 Å². The Balaban J connectivity index is 1.51. The van der Waals surface area contributed by atoms with Gasteiger partial charge in [-0.2, -0.15) is 0 Å². The molecule has 0 unspecified atom stereocenters. The predicted octanol–water partition coefficient (Wildman–Crippen LogP) is 4.64. The minimum atomic E-state index is -0.330. The standard InChI is InChI=1S/C23H17FN2O2S/c24-18-8-6-15(7-9-18)19-12-29-22-21(19)23(28)26(13-25-22)11-20(27)17-5-4-14-2-1-3-16(14)10-17/h4-10,12-13H,1-3,11H2. The van der Waals surface area contributed by atoms with E-state index < -0.39 is 0 Å². The summed E-state index contributed by atoms with van der Waals surface area (Å²) < 4.78 is 14.6. The number of aryl methyl sites for hydroxylation is 2. The highest BCUT2D eigenvalue weighted by atomic mass is 32.1. The lowest BCUT2D eigenvalue weighted by atomic mass is 10.0. The molecule has 29 heavy (non-hydrogen) atoms. The minimum Gasteiger partial charge on any atom is -0.292 e. The van der Waals surface area contributed by atoms with Crippen LogP contribution in [0.2, 0.25) is 0 Å². The summed E-state index contributed by atoms with van der Waals surface area (Å²) in [6.07, 6.45) is 4.62. The number of Topliss-reactive ketones (excluding diaryl/α,β-unsaturated/α-hetero) is 1. The molecule has 6 heteroatoms. The number of halogens is 1. The van der Waals surface area contributed by atoms with E-state index in [1.54, 1.807) is 12.1 Å². The van der Waals surface area contributed by atoms with Crippen LogP contribution in [0.5, 0.6) is 0 Å². The number of ketones is 1. The van der Waals surface area contributed by atoms with Gasteiger partial charge in [-0.3, -0.25) is 14.2 Å². The first-order chi connectivity index (χ1) is 14.1. The van der Waals surface area contributed by atoms with Crippen molar-refractivity contribution in [3.05, 3.63) is 87.0 Å². The van der Waals surface area contributed by atoms with Crippen LogP contribution in [0.25, 0.3) is 21.3 Å². The van der Waals surface area contributed by atoms with Crippen LogP contribution in [0, 0.1) is 5.82 Å². The smallest absolute Gasteiger partial charge is 0.263 e. The molecule has 1 aliphatic rings. The molecule has 2 aromatic heterocycles. The van der Waals surface area contributed by atoms with Gasteiger partial charge in [0.1, 0.15) is 10.6 Å². The summed E-state index contributed by atoms with van der Waals surface area (Å²) in [5.41, 5.74) is 4.37. The Kier molecular flexibility index (Phi) is 4.36. The topological polar surface area (TPSA) is 52.0 Å². The van der Waals surface area contributed by atoms with Crippen LogP contribution in [0.1, 0.15) is 27.9 Å². The highest BCUT2D eigenvalue weighted by Gasteiger charge is 2.17. The fourth-order valence-electron chi connectivity index (χ4n) is 3.91. The molecule has 1 aliphatic carbocycles. The zero-order chi connectivity index (χ0) is 20.0. The second-order valence-electron chi connectivity index (χ2n) is 7.27. The Morgan fingerprint density at radius 1 is 1.10 bits per heavy atom. The quantitative estimate of drug-likeness (QED) is 0.466. The third-order valence-electron chi connectivity index (χ3n) is 5.45. The normalized spacial score (nSPS) is 13.0. The van der Waals surface area contributed by atoms with E-state index in [0.29, 0.717) is 21.3 Å². The van der Waals surface area contributed by atoms with Crippen molar-refractivity contribution in [3.63, 3.8) is 0 Å². The van der Waals surface area contributed by atoms with Crippen LogP contribution >= 0.6 is 11.3 Å². The Bertz CT molecular complexity index is 1300. The molecular weight excluding hydrogens is 387 g/mol. The number of carbonyl (C=O) groups excluding carboxylic acids is 1. The molecule has 0 spiro atoms. The van der Waals surface area contributed by atoms with Gasteiger partial charge in [-0.25, -0.2) is 9.37 Å². The molecule has 0 saturated carbocycles. The van der Waals surface area contributed by atoms with E-state index in [2.05, 4.69) is 4.98 Å². The largest absolute Gasteiger partial charge is 0.292 e. The number of hydrogen-bond acceptors (Lipinski definition) is 4. The zero-order valence-corrected chi connectivity index (χ0v) is 16.3. The first kappa shape index (κ1) is 17.9. The Morgan fingerprint density at radius 2 is 1.90 bits per heavy atom. The third kappa shape index (κ3) is 3.19. The van der Waals surface area contributed by atoms with Gasteiger partial charge in [-0.15, -0.1) is 11.3 Å². The Hall–Kier alpha value is -3.12. The Labute approximate surface area is 170 Å². The van der Waals surface area contributed by atoms with Crippen molar-refractivity contribution < 1.29 is 9.18 Å². The second kappa shape index (κ2) is 7.04. The number of thiophene rings is 1. The van der Waals surface area contributed by atoms with Gasteiger partial charge in [0.05, 0.1) is 18.3 Å². The van der Waals surface area contributed by atoms with E-state index >= 15 is 0 Å². The summed E-state index contributed by atoms with van der Waals surface area (Å²) in [7, 11) is 0. The molecule has 0 radical (unpaired) electrons. The summed E-state index contributed by atoms with van der Waals surface area (Å²) in [4.78, 5) is 30.9. The molecule has 2 aromatic carbocycles. The fraction of sp³-hybridized carbons (Fsp3) is 0.174. The van der Waals surface area contributed by atoms with Crippen LogP contribution < -0.4 is 5.56 Å². The van der Waals surface area contributed by atoms with Gasteiger partial charge in [-0.1, -0.05) is 24.3 Å². The number of carbonyl (C=O) groups is 1. The van der Waals surface area contributed by atoms with Crippen LogP contribution in [-0.2, 0) is 19.4 Å². The van der Waals surface area contributed by atoms with Gasteiger partial charge >= 0.3 is 0 Å². The number of fused-ring (bicyclic) bond motifs is 2. The predicted molar refractivity (Wildman–Crippen MR) is 112 cm³/mol. The van der Waals surface area contributed by atoms with Crippen molar-refractivity contribution in [2.75, 3.05) is 0 Å². The Morgan fingerprint density at radius 3 is 2.72 bits per heavy atom. The van der Waals surface area contributed by atoms with Crippen molar-refractivity contribution in [3.8, 4) is 11.1 Å². The highest BCUT2D eigenvalue weighted by Crippen LogP contribution is 2.30. The zero-order valence-electron chi connectivity index (χ0n) is 15.5. The summed E-state index contributed by atoms with van der Waals surface area (Å²) in [5, 5.41) is 2.31. The van der Waals surface area contributed by atoms with E-state index in [1.165, 1.54) is 45.5 Å². The molecule has 0 atom stereocenters. The average molecular weight is 404 g/mol. The van der Waals surface area contributed by atoms with Gasteiger partial charge in [0.2, 0.25) is 0 Å². The summed E-state index contributed by atoms with van der Waals surface area (Å²) in [6, 6.07) is 11.8. The van der Waals surface area contributed by atoms with Crippen molar-refractivity contribution >= 4 is 27.3 Å². The molecule has 4 nitrogen and oxygen atoms in total. The molecule has 0 saturated heterocycles. The number of hydrogen-bond donors (Lipinski definition) is 0. The van der Waals surface area contributed by atoms with Gasteiger partial charge < -0.3 is 0 Å². The minimum absolute atomic E-state index is 0.0563. The number of aromatic nitrogens is 2. The lowest BCUT2D eigenvalue weighted by Crippen LogP contribution is -2.24. The van der Waals surface area contributed by atoms with Crippen molar-refractivity contribution in [1.29, 1.82) is 0 Å². The van der Waals surface area contributed by atoms with Crippen molar-refractivity contribution in [1.82, 2.24) is 9.55 Å². The fourth-order valence-corrected chi connectivity index (χ4v) is 4.82. The molecule has 0 amide bonds. The van der Waals surface area contributed by atoms with Gasteiger partial charge in [-0.05, 0) is 54.2 Å². The van der Waals surface area contributed by atoms with Crippen molar-refractivity contribution in [2.45, 2.75) is 25.8 Å². The molecule has 0 bridgehead atoms. The van der Waals surface area contributed by atoms with Crippen LogP contribution in [0.3, 0.4) is 0 Å². The molecule has 5 rings (SSSR count). The monoisotopic (exact) mass is 404 g/mol. The maximum atomic E-state index is 13.3. The molecule has 2 heterocycles. The van der Waals surface area contributed by atoms with Crippen LogP contribution in [0.4, 0.5) is 4.39 Å². The third-order valence-corrected chi connectivity index (χ3v) is 6.34. The maximum Gasteiger partial charge on any atom is 0.263 e. The molecule has 0 fully saturated rings.